The number of carbonyl (C=O) groups excluding carboxylic acids is 2. The topological polar surface area (TPSA) is 90.2 Å². The van der Waals surface area contributed by atoms with Gasteiger partial charge in [0.2, 0.25) is 0 Å². The third-order valence-corrected chi connectivity index (χ3v) is 4.37. The molecular weight excluding hydrogens is 334 g/mol. The standard InChI is InChI=1S/C18H23N5O3/c1-5-23-15-7-8-22(10-13(15)16(21-23)18(25)26-6-2)17(24)14-9-11(3)19-12(4)20-14/h9H,5-8,10H2,1-4H3. The Morgan fingerprint density at radius 1 is 1.23 bits per heavy atom. The summed E-state index contributed by atoms with van der Waals surface area (Å²) >= 11 is 0. The van der Waals surface area contributed by atoms with E-state index in [1.807, 2.05) is 18.5 Å². The van der Waals surface area contributed by atoms with Gasteiger partial charge in [0.05, 0.1) is 13.2 Å². The highest BCUT2D eigenvalue weighted by atomic mass is 16.5. The molecule has 0 saturated heterocycles. The zero-order valence-electron chi connectivity index (χ0n) is 15.6. The number of nitrogens with zero attached hydrogens (tertiary/aromatic N) is 5. The summed E-state index contributed by atoms with van der Waals surface area (Å²) in [6, 6.07) is 1.69. The summed E-state index contributed by atoms with van der Waals surface area (Å²) in [4.78, 5) is 35.3. The number of hydrogen-bond acceptors (Lipinski definition) is 6. The lowest BCUT2D eigenvalue weighted by atomic mass is 10.0. The number of aryl methyl sites for hydroxylation is 3. The van der Waals surface area contributed by atoms with Gasteiger partial charge in [0.25, 0.3) is 5.91 Å². The molecule has 8 nitrogen and oxygen atoms in total. The predicted octanol–water partition coefficient (Wildman–Crippen LogP) is 1.69. The summed E-state index contributed by atoms with van der Waals surface area (Å²) in [6.07, 6.45) is 0.643. The molecule has 3 heterocycles. The van der Waals surface area contributed by atoms with Crippen LogP contribution in [0.25, 0.3) is 0 Å². The molecule has 0 aliphatic carbocycles. The SMILES string of the molecule is CCOC(=O)c1nn(CC)c2c1CN(C(=O)c1cc(C)nc(C)n1)CC2. The Morgan fingerprint density at radius 2 is 2.00 bits per heavy atom. The van der Waals surface area contributed by atoms with Crippen molar-refractivity contribution in [1.29, 1.82) is 0 Å². The van der Waals surface area contributed by atoms with Crippen molar-refractivity contribution in [2.45, 2.75) is 47.2 Å². The molecule has 2 aromatic heterocycles. The molecule has 0 unspecified atom stereocenters. The van der Waals surface area contributed by atoms with E-state index in [0.717, 1.165) is 17.0 Å². The molecule has 1 amide bonds. The van der Waals surface area contributed by atoms with Crippen molar-refractivity contribution in [3.8, 4) is 0 Å². The number of amides is 1. The monoisotopic (exact) mass is 357 g/mol. The van der Waals surface area contributed by atoms with Crippen LogP contribution in [0.15, 0.2) is 6.07 Å². The minimum atomic E-state index is -0.445. The van der Waals surface area contributed by atoms with E-state index >= 15 is 0 Å². The second-order valence-electron chi connectivity index (χ2n) is 6.23. The van der Waals surface area contributed by atoms with Crippen LogP contribution in [0.2, 0.25) is 0 Å². The van der Waals surface area contributed by atoms with E-state index in [1.54, 1.807) is 24.8 Å². The fourth-order valence-electron chi connectivity index (χ4n) is 3.28. The summed E-state index contributed by atoms with van der Waals surface area (Å²) in [5.74, 6) is -0.0423. The van der Waals surface area contributed by atoms with Gasteiger partial charge in [-0.15, -0.1) is 0 Å². The predicted molar refractivity (Wildman–Crippen MR) is 93.8 cm³/mol. The van der Waals surface area contributed by atoms with Gasteiger partial charge in [0.1, 0.15) is 11.5 Å². The molecule has 0 N–H and O–H groups in total. The minimum Gasteiger partial charge on any atom is -0.461 e. The maximum Gasteiger partial charge on any atom is 0.359 e. The van der Waals surface area contributed by atoms with Crippen LogP contribution in [0.3, 0.4) is 0 Å². The molecule has 0 radical (unpaired) electrons. The molecule has 1 aliphatic rings. The van der Waals surface area contributed by atoms with Crippen molar-refractivity contribution < 1.29 is 14.3 Å². The highest BCUT2D eigenvalue weighted by Gasteiger charge is 2.31. The highest BCUT2D eigenvalue weighted by molar-refractivity contribution is 5.93. The summed E-state index contributed by atoms with van der Waals surface area (Å²) in [7, 11) is 0. The Balaban J connectivity index is 1.92. The van der Waals surface area contributed by atoms with E-state index in [0.29, 0.717) is 43.3 Å². The number of fused-ring (bicyclic) bond motifs is 1. The van der Waals surface area contributed by atoms with Crippen LogP contribution < -0.4 is 0 Å². The zero-order chi connectivity index (χ0) is 18.8. The van der Waals surface area contributed by atoms with Gasteiger partial charge in [-0.25, -0.2) is 14.8 Å². The van der Waals surface area contributed by atoms with E-state index in [9.17, 15) is 9.59 Å². The summed E-state index contributed by atoms with van der Waals surface area (Å²) < 4.78 is 6.95. The fraction of sp³-hybridized carbons (Fsp3) is 0.500. The van der Waals surface area contributed by atoms with Crippen LogP contribution in [0.1, 0.15) is 57.6 Å². The van der Waals surface area contributed by atoms with Crippen LogP contribution in [0, 0.1) is 13.8 Å². The first kappa shape index (κ1) is 18.0. The van der Waals surface area contributed by atoms with Crippen molar-refractivity contribution in [2.24, 2.45) is 0 Å². The number of carbonyl (C=O) groups is 2. The van der Waals surface area contributed by atoms with Gasteiger partial charge in [-0.2, -0.15) is 5.10 Å². The lowest BCUT2D eigenvalue weighted by molar-refractivity contribution is 0.0513. The lowest BCUT2D eigenvalue weighted by Gasteiger charge is -2.27. The lowest BCUT2D eigenvalue weighted by Crippen LogP contribution is -2.37. The third-order valence-electron chi connectivity index (χ3n) is 4.37. The first-order valence-corrected chi connectivity index (χ1v) is 8.81. The molecule has 0 spiro atoms. The number of hydrogen-bond donors (Lipinski definition) is 0. The molecular formula is C18H23N5O3. The van der Waals surface area contributed by atoms with Crippen LogP contribution in [0.5, 0.6) is 0 Å². The highest BCUT2D eigenvalue weighted by Crippen LogP contribution is 2.24. The number of ether oxygens (including phenoxy) is 1. The van der Waals surface area contributed by atoms with Gasteiger partial charge in [0, 0.05) is 36.5 Å². The summed E-state index contributed by atoms with van der Waals surface area (Å²) in [5, 5.41) is 4.40. The normalized spacial score (nSPS) is 13.5. The van der Waals surface area contributed by atoms with Crippen LogP contribution in [-0.4, -0.2) is 49.7 Å². The molecule has 2 aromatic rings. The molecule has 1 aliphatic heterocycles. The Morgan fingerprint density at radius 3 is 2.65 bits per heavy atom. The van der Waals surface area contributed by atoms with Crippen molar-refractivity contribution >= 4 is 11.9 Å². The number of aromatic nitrogens is 4. The number of rotatable bonds is 4. The fourth-order valence-corrected chi connectivity index (χ4v) is 3.28. The molecule has 3 rings (SSSR count). The quantitative estimate of drug-likeness (QED) is 0.774. The average molecular weight is 357 g/mol. The minimum absolute atomic E-state index is 0.164. The molecule has 0 aromatic carbocycles. The smallest absolute Gasteiger partial charge is 0.359 e. The molecule has 8 heteroatoms. The van der Waals surface area contributed by atoms with Crippen molar-refractivity contribution in [3.63, 3.8) is 0 Å². The van der Waals surface area contributed by atoms with Gasteiger partial charge in [-0.3, -0.25) is 9.48 Å². The largest absolute Gasteiger partial charge is 0.461 e. The van der Waals surface area contributed by atoms with E-state index < -0.39 is 5.97 Å². The van der Waals surface area contributed by atoms with Gasteiger partial charge in [-0.1, -0.05) is 0 Å². The Hall–Kier alpha value is -2.77. The van der Waals surface area contributed by atoms with Crippen molar-refractivity contribution in [1.82, 2.24) is 24.6 Å². The molecule has 0 atom stereocenters. The van der Waals surface area contributed by atoms with Crippen LogP contribution >= 0.6 is 0 Å². The average Bonchev–Trinajstić information content (AvgIpc) is 2.98. The molecule has 138 valence electrons. The third kappa shape index (κ3) is 3.31. The molecule has 0 fully saturated rings. The van der Waals surface area contributed by atoms with Crippen LogP contribution in [0.4, 0.5) is 0 Å². The first-order valence-electron chi connectivity index (χ1n) is 8.81. The second kappa shape index (κ2) is 7.23. The van der Waals surface area contributed by atoms with Gasteiger partial charge in [-0.05, 0) is 33.8 Å². The van der Waals surface area contributed by atoms with Crippen molar-refractivity contribution in [2.75, 3.05) is 13.2 Å². The van der Waals surface area contributed by atoms with E-state index in [4.69, 9.17) is 4.74 Å². The number of esters is 1. The summed E-state index contributed by atoms with van der Waals surface area (Å²) in [5.41, 5.74) is 3.20. The van der Waals surface area contributed by atoms with Crippen molar-refractivity contribution in [3.05, 3.63) is 40.2 Å². The van der Waals surface area contributed by atoms with Gasteiger partial charge >= 0.3 is 5.97 Å². The Bertz CT molecular complexity index is 839. The molecule has 0 bridgehead atoms. The van der Waals surface area contributed by atoms with E-state index in [1.165, 1.54) is 0 Å². The molecule has 0 saturated carbocycles. The zero-order valence-corrected chi connectivity index (χ0v) is 15.6. The van der Waals surface area contributed by atoms with Gasteiger partial charge < -0.3 is 9.64 Å². The Kier molecular flexibility index (Phi) is 5.01. The first-order chi connectivity index (χ1) is 12.4. The van der Waals surface area contributed by atoms with Gasteiger partial charge in [0.15, 0.2) is 5.69 Å². The maximum absolute atomic E-state index is 12.9. The van der Waals surface area contributed by atoms with E-state index in [2.05, 4.69) is 15.1 Å². The van der Waals surface area contributed by atoms with E-state index in [-0.39, 0.29) is 12.5 Å². The Labute approximate surface area is 152 Å². The second-order valence-corrected chi connectivity index (χ2v) is 6.23. The maximum atomic E-state index is 12.9. The van der Waals surface area contributed by atoms with Crippen LogP contribution in [-0.2, 0) is 24.2 Å². The summed E-state index contributed by atoms with van der Waals surface area (Å²) in [6.45, 7) is 9.18. The molecule has 26 heavy (non-hydrogen) atoms.